The van der Waals surface area contributed by atoms with Gasteiger partial charge in [-0.1, -0.05) is 36.4 Å². The Hall–Kier alpha value is -3.32. The molecule has 0 bridgehead atoms. The summed E-state index contributed by atoms with van der Waals surface area (Å²) in [6.45, 7) is 3.37. The van der Waals surface area contributed by atoms with Gasteiger partial charge in [-0.25, -0.2) is 9.97 Å². The van der Waals surface area contributed by atoms with Crippen LogP contribution in [-0.2, 0) is 4.79 Å². The number of carbonyl (C=O) groups is 1. The van der Waals surface area contributed by atoms with Crippen LogP contribution in [0.5, 0.6) is 0 Å². The van der Waals surface area contributed by atoms with E-state index in [1.807, 2.05) is 36.4 Å². The summed E-state index contributed by atoms with van der Waals surface area (Å²) in [5.41, 5.74) is 3.00. The van der Waals surface area contributed by atoms with Crippen LogP contribution in [0.25, 0.3) is 32.9 Å². The molecule has 1 N–H and O–H groups in total. The highest BCUT2D eigenvalue weighted by Gasteiger charge is 2.27. The van der Waals surface area contributed by atoms with Gasteiger partial charge in [-0.15, -0.1) is 11.3 Å². The Bertz CT molecular complexity index is 1190. The number of nitrogens with zero attached hydrogens (tertiary/aromatic N) is 4. The molecule has 30 heavy (non-hydrogen) atoms. The SMILES string of the molecule is CC1CC(=O)NCCN1c1nc(-c2ccccn2)nc2scc(-c3ccccc3)c12. The Labute approximate surface area is 178 Å². The molecule has 3 aromatic heterocycles. The van der Waals surface area contributed by atoms with Gasteiger partial charge in [-0.2, -0.15) is 0 Å². The minimum atomic E-state index is 0.0331. The number of pyridine rings is 1. The van der Waals surface area contributed by atoms with Crippen molar-refractivity contribution in [3.63, 3.8) is 0 Å². The number of carbonyl (C=O) groups excluding carboxylic acids is 1. The second-order valence-electron chi connectivity index (χ2n) is 7.38. The van der Waals surface area contributed by atoms with E-state index >= 15 is 0 Å². The summed E-state index contributed by atoms with van der Waals surface area (Å²) in [7, 11) is 0. The smallest absolute Gasteiger partial charge is 0.222 e. The van der Waals surface area contributed by atoms with E-state index in [4.69, 9.17) is 9.97 Å². The number of anilines is 1. The van der Waals surface area contributed by atoms with Crippen molar-refractivity contribution < 1.29 is 4.79 Å². The maximum absolute atomic E-state index is 12.1. The third kappa shape index (κ3) is 3.41. The predicted molar refractivity (Wildman–Crippen MR) is 121 cm³/mol. The zero-order valence-corrected chi connectivity index (χ0v) is 17.4. The summed E-state index contributed by atoms with van der Waals surface area (Å²) >= 11 is 1.61. The molecular weight excluding hydrogens is 394 g/mol. The van der Waals surface area contributed by atoms with Crippen LogP contribution in [0, 0.1) is 0 Å². The van der Waals surface area contributed by atoms with Crippen molar-refractivity contribution in [2.24, 2.45) is 0 Å². The third-order valence-corrected chi connectivity index (χ3v) is 6.23. The fourth-order valence-corrected chi connectivity index (χ4v) is 4.81. The number of hydrogen-bond donors (Lipinski definition) is 1. The Balaban J connectivity index is 1.74. The molecule has 1 aliphatic heterocycles. The van der Waals surface area contributed by atoms with E-state index in [1.54, 1.807) is 17.5 Å². The highest BCUT2D eigenvalue weighted by Crippen LogP contribution is 2.40. The molecule has 1 aromatic carbocycles. The third-order valence-electron chi connectivity index (χ3n) is 5.35. The first-order chi connectivity index (χ1) is 14.7. The first kappa shape index (κ1) is 18.7. The van der Waals surface area contributed by atoms with Gasteiger partial charge in [0.1, 0.15) is 16.3 Å². The van der Waals surface area contributed by atoms with E-state index < -0.39 is 0 Å². The van der Waals surface area contributed by atoms with Crippen molar-refractivity contribution in [2.45, 2.75) is 19.4 Å². The van der Waals surface area contributed by atoms with Gasteiger partial charge in [0, 0.05) is 42.7 Å². The molecule has 7 heteroatoms. The van der Waals surface area contributed by atoms with E-state index in [1.165, 1.54) is 0 Å². The molecule has 1 atom stereocenters. The second kappa shape index (κ2) is 7.84. The summed E-state index contributed by atoms with van der Waals surface area (Å²) in [6, 6.07) is 16.1. The van der Waals surface area contributed by atoms with Gasteiger partial charge in [0.2, 0.25) is 5.91 Å². The normalized spacial score (nSPS) is 17.0. The summed E-state index contributed by atoms with van der Waals surface area (Å²) in [5.74, 6) is 1.55. The van der Waals surface area contributed by atoms with Gasteiger partial charge in [-0.3, -0.25) is 9.78 Å². The molecule has 1 fully saturated rings. The number of aromatic nitrogens is 3. The molecule has 4 aromatic rings. The number of nitrogens with one attached hydrogen (secondary N) is 1. The standard InChI is InChI=1S/C23H21N5OS/c1-15-13-19(29)25-11-12-28(15)22-20-17(16-7-3-2-4-8-16)14-30-23(20)27-21(26-22)18-9-5-6-10-24-18/h2-10,14-15H,11-13H2,1H3,(H,25,29). The number of fused-ring (bicyclic) bond motifs is 1. The molecular formula is C23H21N5OS. The van der Waals surface area contributed by atoms with E-state index in [0.29, 0.717) is 25.3 Å². The van der Waals surface area contributed by atoms with Gasteiger partial charge in [-0.05, 0) is 24.6 Å². The van der Waals surface area contributed by atoms with Crippen molar-refractivity contribution in [3.8, 4) is 22.6 Å². The monoisotopic (exact) mass is 415 g/mol. The van der Waals surface area contributed by atoms with Crippen molar-refractivity contribution in [1.29, 1.82) is 0 Å². The molecule has 1 unspecified atom stereocenters. The Morgan fingerprint density at radius 3 is 2.73 bits per heavy atom. The molecule has 5 rings (SSSR count). The molecule has 150 valence electrons. The number of rotatable bonds is 3. The first-order valence-corrected chi connectivity index (χ1v) is 10.9. The van der Waals surface area contributed by atoms with Crippen molar-refractivity contribution >= 4 is 33.3 Å². The van der Waals surface area contributed by atoms with E-state index in [-0.39, 0.29) is 11.9 Å². The topological polar surface area (TPSA) is 71.0 Å². The zero-order chi connectivity index (χ0) is 20.5. The number of hydrogen-bond acceptors (Lipinski definition) is 6. The number of amides is 1. The van der Waals surface area contributed by atoms with Crippen LogP contribution in [0.2, 0.25) is 0 Å². The lowest BCUT2D eigenvalue weighted by molar-refractivity contribution is -0.120. The van der Waals surface area contributed by atoms with Crippen LogP contribution in [-0.4, -0.2) is 40.0 Å². The van der Waals surface area contributed by atoms with Crippen LogP contribution < -0.4 is 10.2 Å². The van der Waals surface area contributed by atoms with Gasteiger partial charge in [0.15, 0.2) is 5.82 Å². The average Bonchev–Trinajstić information content (AvgIpc) is 3.13. The molecule has 6 nitrogen and oxygen atoms in total. The molecule has 4 heterocycles. The van der Waals surface area contributed by atoms with Crippen LogP contribution in [0.15, 0.2) is 60.1 Å². The molecule has 0 aliphatic carbocycles. The van der Waals surface area contributed by atoms with Crippen LogP contribution in [0.4, 0.5) is 5.82 Å². The van der Waals surface area contributed by atoms with Crippen LogP contribution in [0.1, 0.15) is 13.3 Å². The van der Waals surface area contributed by atoms with Crippen LogP contribution in [0.3, 0.4) is 0 Å². The first-order valence-electron chi connectivity index (χ1n) is 10.00. The Morgan fingerprint density at radius 1 is 1.10 bits per heavy atom. The van der Waals surface area contributed by atoms with Crippen molar-refractivity contribution in [3.05, 3.63) is 60.1 Å². The highest BCUT2D eigenvalue weighted by molar-refractivity contribution is 7.17. The quantitative estimate of drug-likeness (QED) is 0.545. The summed E-state index contributed by atoms with van der Waals surface area (Å²) in [5, 5.41) is 6.15. The molecule has 1 saturated heterocycles. The highest BCUT2D eigenvalue weighted by atomic mass is 32.1. The van der Waals surface area contributed by atoms with E-state index in [0.717, 1.165) is 32.9 Å². The van der Waals surface area contributed by atoms with E-state index in [2.05, 4.69) is 39.6 Å². The molecule has 1 amide bonds. The molecule has 0 radical (unpaired) electrons. The summed E-state index contributed by atoms with van der Waals surface area (Å²) in [6.07, 6.45) is 2.19. The van der Waals surface area contributed by atoms with E-state index in [9.17, 15) is 4.79 Å². The van der Waals surface area contributed by atoms with Crippen LogP contribution >= 0.6 is 11.3 Å². The zero-order valence-electron chi connectivity index (χ0n) is 16.6. The van der Waals surface area contributed by atoms with Gasteiger partial charge in [0.25, 0.3) is 0 Å². The van der Waals surface area contributed by atoms with Gasteiger partial charge in [0.05, 0.1) is 5.39 Å². The maximum Gasteiger partial charge on any atom is 0.222 e. The molecule has 0 saturated carbocycles. The van der Waals surface area contributed by atoms with Crippen molar-refractivity contribution in [1.82, 2.24) is 20.3 Å². The minimum absolute atomic E-state index is 0.0331. The average molecular weight is 416 g/mol. The largest absolute Gasteiger partial charge is 0.354 e. The Morgan fingerprint density at radius 2 is 1.93 bits per heavy atom. The van der Waals surface area contributed by atoms with Gasteiger partial charge < -0.3 is 10.2 Å². The summed E-state index contributed by atoms with van der Waals surface area (Å²) in [4.78, 5) is 29.5. The lowest BCUT2D eigenvalue weighted by atomic mass is 10.1. The molecule has 0 spiro atoms. The maximum atomic E-state index is 12.1. The second-order valence-corrected chi connectivity index (χ2v) is 8.24. The predicted octanol–water partition coefficient (Wildman–Crippen LogP) is 4.14. The lowest BCUT2D eigenvalue weighted by Gasteiger charge is -2.28. The molecule has 1 aliphatic rings. The Kier molecular flexibility index (Phi) is 4.88. The van der Waals surface area contributed by atoms with Gasteiger partial charge >= 0.3 is 0 Å². The van der Waals surface area contributed by atoms with Crippen molar-refractivity contribution in [2.75, 3.05) is 18.0 Å². The lowest BCUT2D eigenvalue weighted by Crippen LogP contribution is -2.35. The fourth-order valence-electron chi connectivity index (χ4n) is 3.87. The minimum Gasteiger partial charge on any atom is -0.354 e. The number of thiophene rings is 1. The fraction of sp³-hybridized carbons (Fsp3) is 0.217. The summed E-state index contributed by atoms with van der Waals surface area (Å²) < 4.78 is 0. The number of benzene rings is 1.